The summed E-state index contributed by atoms with van der Waals surface area (Å²) in [4.78, 5) is 25.5. The predicted molar refractivity (Wildman–Crippen MR) is 71.3 cm³/mol. The van der Waals surface area contributed by atoms with Crippen molar-refractivity contribution in [3.05, 3.63) is 21.9 Å². The van der Waals surface area contributed by atoms with Crippen molar-refractivity contribution in [3.8, 4) is 0 Å². The molecule has 98 valence electrons. The minimum absolute atomic E-state index is 0.0436. The summed E-state index contributed by atoms with van der Waals surface area (Å²) in [6.07, 6.45) is 1.60. The molecule has 0 radical (unpaired) electrons. The number of carbonyl (C=O) groups excluding carboxylic acids is 2. The van der Waals surface area contributed by atoms with Crippen molar-refractivity contribution in [2.45, 2.75) is 39.3 Å². The molecule has 1 unspecified atom stereocenters. The Bertz CT molecular complexity index is 456. The van der Waals surface area contributed by atoms with Gasteiger partial charge in [-0.3, -0.25) is 9.59 Å². The van der Waals surface area contributed by atoms with Crippen molar-refractivity contribution in [3.63, 3.8) is 0 Å². The Labute approximate surface area is 111 Å². The topological polar surface area (TPSA) is 49.4 Å². The van der Waals surface area contributed by atoms with Gasteiger partial charge in [0, 0.05) is 6.54 Å². The number of rotatable bonds is 4. The fraction of sp³-hybridized carbons (Fsp3) is 0.538. The lowest BCUT2D eigenvalue weighted by atomic mass is 10.1. The molecule has 0 saturated carbocycles. The molecule has 1 atom stereocenters. The number of carbonyl (C=O) groups is 2. The molecule has 18 heavy (non-hydrogen) atoms. The number of amides is 2. The number of hydrogen-bond donors (Lipinski definition) is 1. The highest BCUT2D eigenvalue weighted by Crippen LogP contribution is 2.18. The number of nitrogens with one attached hydrogen (secondary N) is 1. The van der Waals surface area contributed by atoms with E-state index < -0.39 is 0 Å². The van der Waals surface area contributed by atoms with Crippen molar-refractivity contribution in [1.82, 2.24) is 10.2 Å². The first-order valence-corrected chi connectivity index (χ1v) is 7.16. The maximum absolute atomic E-state index is 12.2. The van der Waals surface area contributed by atoms with Crippen LogP contribution in [0.15, 0.2) is 10.8 Å². The molecule has 0 spiro atoms. The van der Waals surface area contributed by atoms with Crippen molar-refractivity contribution >= 4 is 23.2 Å². The van der Waals surface area contributed by atoms with Crippen LogP contribution in [0.25, 0.3) is 0 Å². The molecule has 2 amide bonds. The summed E-state index contributed by atoms with van der Waals surface area (Å²) in [6.45, 7) is 4.77. The van der Waals surface area contributed by atoms with Crippen LogP contribution < -0.4 is 5.32 Å². The van der Waals surface area contributed by atoms with E-state index in [2.05, 4.69) is 10.7 Å². The predicted octanol–water partition coefficient (Wildman–Crippen LogP) is 1.68. The number of nitrogens with zero attached hydrogens (tertiary/aromatic N) is 1. The lowest BCUT2D eigenvalue weighted by Crippen LogP contribution is -2.57. The average molecular weight is 266 g/mol. The van der Waals surface area contributed by atoms with Crippen LogP contribution in [0, 0.1) is 6.92 Å². The Morgan fingerprint density at radius 3 is 2.83 bits per heavy atom. The van der Waals surface area contributed by atoms with Gasteiger partial charge in [-0.2, -0.15) is 11.3 Å². The normalized spacial score (nSPS) is 20.1. The summed E-state index contributed by atoms with van der Waals surface area (Å²) in [5.41, 5.74) is 2.32. The second-order valence-electron chi connectivity index (χ2n) is 4.68. The van der Waals surface area contributed by atoms with E-state index in [4.69, 9.17) is 0 Å². The Morgan fingerprint density at radius 2 is 2.22 bits per heavy atom. The maximum Gasteiger partial charge on any atom is 0.245 e. The Kier molecular flexibility index (Phi) is 4.01. The fourth-order valence-corrected chi connectivity index (χ4v) is 2.99. The Morgan fingerprint density at radius 1 is 1.44 bits per heavy atom. The Balaban J connectivity index is 2.09. The van der Waals surface area contributed by atoms with Gasteiger partial charge in [-0.25, -0.2) is 0 Å². The van der Waals surface area contributed by atoms with Crippen LogP contribution in [0.3, 0.4) is 0 Å². The first-order valence-electron chi connectivity index (χ1n) is 6.21. The van der Waals surface area contributed by atoms with E-state index in [1.807, 2.05) is 19.2 Å². The molecule has 1 aromatic rings. The largest absolute Gasteiger partial charge is 0.343 e. The molecule has 2 rings (SSSR count). The van der Waals surface area contributed by atoms with Gasteiger partial charge in [0.2, 0.25) is 11.8 Å². The molecule has 1 aliphatic heterocycles. The van der Waals surface area contributed by atoms with Crippen LogP contribution in [0.1, 0.15) is 30.9 Å². The van der Waals surface area contributed by atoms with Gasteiger partial charge in [0.15, 0.2) is 0 Å². The molecule has 0 aromatic carbocycles. The fourth-order valence-electron chi connectivity index (χ4n) is 2.15. The quantitative estimate of drug-likeness (QED) is 0.901. The Hall–Kier alpha value is -1.36. The van der Waals surface area contributed by atoms with Crippen molar-refractivity contribution in [2.75, 3.05) is 6.54 Å². The van der Waals surface area contributed by atoms with E-state index in [-0.39, 0.29) is 24.4 Å². The standard InChI is InChI=1S/C13H18N2O2S/c1-3-4-11-13(17)15(6-12(16)14-11)5-10-8-18-7-9(10)2/h7-8,11H,3-6H2,1-2H3,(H,14,16). The molecule has 4 nitrogen and oxygen atoms in total. The molecule has 2 heterocycles. The summed E-state index contributed by atoms with van der Waals surface area (Å²) in [5.74, 6) is -0.0111. The third-order valence-corrected chi connectivity index (χ3v) is 4.09. The highest BCUT2D eigenvalue weighted by molar-refractivity contribution is 7.08. The summed E-state index contributed by atoms with van der Waals surface area (Å²) >= 11 is 1.63. The summed E-state index contributed by atoms with van der Waals surface area (Å²) in [5, 5.41) is 6.87. The van der Waals surface area contributed by atoms with Gasteiger partial charge in [-0.1, -0.05) is 13.3 Å². The number of aryl methyl sites for hydroxylation is 1. The summed E-state index contributed by atoms with van der Waals surface area (Å²) < 4.78 is 0. The van der Waals surface area contributed by atoms with Crippen molar-refractivity contribution < 1.29 is 9.59 Å². The van der Waals surface area contributed by atoms with Gasteiger partial charge >= 0.3 is 0 Å². The molecule has 1 aromatic heterocycles. The third-order valence-electron chi connectivity index (χ3n) is 3.18. The highest BCUT2D eigenvalue weighted by Gasteiger charge is 2.31. The zero-order valence-electron chi connectivity index (χ0n) is 10.7. The van der Waals surface area contributed by atoms with Crippen molar-refractivity contribution in [1.29, 1.82) is 0 Å². The molecule has 1 N–H and O–H groups in total. The minimum atomic E-state index is -0.338. The molecule has 1 aliphatic rings. The van der Waals surface area contributed by atoms with Crippen LogP contribution in [0.4, 0.5) is 0 Å². The van der Waals surface area contributed by atoms with E-state index in [9.17, 15) is 9.59 Å². The molecular formula is C13H18N2O2S. The van der Waals surface area contributed by atoms with Gasteiger partial charge in [0.05, 0.1) is 6.54 Å². The van der Waals surface area contributed by atoms with Crippen LogP contribution in [0.2, 0.25) is 0 Å². The zero-order valence-corrected chi connectivity index (χ0v) is 11.5. The number of piperazine rings is 1. The summed E-state index contributed by atoms with van der Waals surface area (Å²) in [6, 6.07) is -0.338. The minimum Gasteiger partial charge on any atom is -0.343 e. The van der Waals surface area contributed by atoms with Crippen LogP contribution in [0.5, 0.6) is 0 Å². The van der Waals surface area contributed by atoms with Crippen LogP contribution in [-0.2, 0) is 16.1 Å². The zero-order chi connectivity index (χ0) is 13.1. The van der Waals surface area contributed by atoms with Gasteiger partial charge < -0.3 is 10.2 Å². The van der Waals surface area contributed by atoms with Crippen LogP contribution >= 0.6 is 11.3 Å². The second kappa shape index (κ2) is 5.52. The molecule has 0 bridgehead atoms. The van der Waals surface area contributed by atoms with Crippen LogP contribution in [-0.4, -0.2) is 29.3 Å². The van der Waals surface area contributed by atoms with Crippen molar-refractivity contribution in [2.24, 2.45) is 0 Å². The maximum atomic E-state index is 12.2. The molecule has 0 aliphatic carbocycles. The van der Waals surface area contributed by atoms with E-state index in [0.29, 0.717) is 13.0 Å². The average Bonchev–Trinajstić information content (AvgIpc) is 2.71. The molecule has 1 saturated heterocycles. The summed E-state index contributed by atoms with van der Waals surface area (Å²) in [7, 11) is 0. The third kappa shape index (κ3) is 2.72. The SMILES string of the molecule is CCCC1NC(=O)CN(Cc2cscc2C)C1=O. The lowest BCUT2D eigenvalue weighted by Gasteiger charge is -2.32. The number of hydrogen-bond acceptors (Lipinski definition) is 3. The van der Waals surface area contributed by atoms with Gasteiger partial charge in [0.1, 0.15) is 6.04 Å². The molecule has 1 fully saturated rings. The molecule has 5 heteroatoms. The van der Waals surface area contributed by atoms with E-state index >= 15 is 0 Å². The number of thiophene rings is 1. The van der Waals surface area contributed by atoms with Gasteiger partial charge in [0.25, 0.3) is 0 Å². The smallest absolute Gasteiger partial charge is 0.245 e. The lowest BCUT2D eigenvalue weighted by molar-refractivity contribution is -0.145. The highest BCUT2D eigenvalue weighted by atomic mass is 32.1. The van der Waals surface area contributed by atoms with Gasteiger partial charge in [-0.05, 0) is 35.2 Å². The van der Waals surface area contributed by atoms with E-state index in [1.54, 1.807) is 16.2 Å². The monoisotopic (exact) mass is 266 g/mol. The first kappa shape index (κ1) is 13.1. The van der Waals surface area contributed by atoms with E-state index in [0.717, 1.165) is 12.0 Å². The van der Waals surface area contributed by atoms with Gasteiger partial charge in [-0.15, -0.1) is 0 Å². The van der Waals surface area contributed by atoms with E-state index in [1.165, 1.54) is 5.56 Å². The first-order chi connectivity index (χ1) is 8.61. The molecular weight excluding hydrogens is 248 g/mol. The second-order valence-corrected chi connectivity index (χ2v) is 5.43.